The molecule has 0 amide bonds. The lowest BCUT2D eigenvalue weighted by Crippen LogP contribution is -2.34. The van der Waals surface area contributed by atoms with Crippen LogP contribution in [-0.4, -0.2) is 19.3 Å². The standard InChI is InChI=1S/C13H19BO2/c1-4-12-13(5-2)16-14(15-12)11-9-7-6-8-10(11)3/h6-9,12-13H,4-5H2,1-3H3/t12-,13-/m0/s1. The Bertz CT molecular complexity index is 342. The third kappa shape index (κ3) is 2.16. The molecule has 0 aromatic heterocycles. The molecule has 2 nitrogen and oxygen atoms in total. The van der Waals surface area contributed by atoms with Crippen LogP contribution in [-0.2, 0) is 9.31 Å². The van der Waals surface area contributed by atoms with Crippen LogP contribution in [0.4, 0.5) is 0 Å². The van der Waals surface area contributed by atoms with Crippen molar-refractivity contribution in [2.24, 2.45) is 0 Å². The Morgan fingerprint density at radius 1 is 1.06 bits per heavy atom. The first kappa shape index (κ1) is 11.7. The summed E-state index contributed by atoms with van der Waals surface area (Å²) in [5.41, 5.74) is 2.40. The number of benzene rings is 1. The zero-order valence-electron chi connectivity index (χ0n) is 10.3. The highest BCUT2D eigenvalue weighted by atomic mass is 16.7. The van der Waals surface area contributed by atoms with Crippen LogP contribution < -0.4 is 5.46 Å². The second-order valence-electron chi connectivity index (χ2n) is 4.35. The molecule has 1 aliphatic rings. The SMILES string of the molecule is CC[C@@H]1OB(c2ccccc2C)O[C@H]1CC. The van der Waals surface area contributed by atoms with E-state index >= 15 is 0 Å². The summed E-state index contributed by atoms with van der Waals surface area (Å²) in [5.74, 6) is 0. The summed E-state index contributed by atoms with van der Waals surface area (Å²) < 4.78 is 11.9. The van der Waals surface area contributed by atoms with Gasteiger partial charge in [0.15, 0.2) is 0 Å². The zero-order chi connectivity index (χ0) is 11.5. The van der Waals surface area contributed by atoms with Gasteiger partial charge in [0.1, 0.15) is 0 Å². The van der Waals surface area contributed by atoms with E-state index < -0.39 is 0 Å². The Kier molecular flexibility index (Phi) is 3.67. The summed E-state index contributed by atoms with van der Waals surface area (Å²) in [5, 5.41) is 0. The highest BCUT2D eigenvalue weighted by molar-refractivity contribution is 6.62. The lowest BCUT2D eigenvalue weighted by atomic mass is 9.76. The maximum absolute atomic E-state index is 5.96. The first-order chi connectivity index (χ1) is 7.76. The largest absolute Gasteiger partial charge is 0.494 e. The Balaban J connectivity index is 2.16. The van der Waals surface area contributed by atoms with Crippen LogP contribution in [0.3, 0.4) is 0 Å². The van der Waals surface area contributed by atoms with Crippen LogP contribution in [0.5, 0.6) is 0 Å². The third-order valence-corrected chi connectivity index (χ3v) is 3.26. The van der Waals surface area contributed by atoms with Gasteiger partial charge < -0.3 is 9.31 Å². The van der Waals surface area contributed by atoms with Crippen LogP contribution in [0.25, 0.3) is 0 Å². The first-order valence-electron chi connectivity index (χ1n) is 6.12. The van der Waals surface area contributed by atoms with Crippen molar-refractivity contribution in [3.63, 3.8) is 0 Å². The Labute approximate surface area is 98.1 Å². The van der Waals surface area contributed by atoms with Crippen LogP contribution in [0.2, 0.25) is 0 Å². The van der Waals surface area contributed by atoms with Gasteiger partial charge in [-0.15, -0.1) is 0 Å². The topological polar surface area (TPSA) is 18.5 Å². The molecule has 2 atom stereocenters. The van der Waals surface area contributed by atoms with E-state index in [0.717, 1.165) is 18.3 Å². The maximum Gasteiger partial charge on any atom is 0.494 e. The molecule has 0 unspecified atom stereocenters. The molecule has 3 heteroatoms. The lowest BCUT2D eigenvalue weighted by Gasteiger charge is -2.13. The molecule has 2 rings (SSSR count). The molecule has 1 fully saturated rings. The quantitative estimate of drug-likeness (QED) is 0.724. The predicted molar refractivity (Wildman–Crippen MR) is 66.9 cm³/mol. The summed E-state index contributed by atoms with van der Waals surface area (Å²) in [4.78, 5) is 0. The van der Waals surface area contributed by atoms with Gasteiger partial charge in [0.2, 0.25) is 0 Å². The van der Waals surface area contributed by atoms with Gasteiger partial charge in [0, 0.05) is 0 Å². The highest BCUT2D eigenvalue weighted by Gasteiger charge is 2.39. The molecule has 0 radical (unpaired) electrons. The predicted octanol–water partition coefficient (Wildman–Crippen LogP) is 2.29. The average molecular weight is 218 g/mol. The third-order valence-electron chi connectivity index (χ3n) is 3.26. The lowest BCUT2D eigenvalue weighted by molar-refractivity contribution is 0.148. The fourth-order valence-corrected chi connectivity index (χ4v) is 2.24. The van der Waals surface area contributed by atoms with Crippen LogP contribution >= 0.6 is 0 Å². The Hall–Kier alpha value is -0.795. The highest BCUT2D eigenvalue weighted by Crippen LogP contribution is 2.22. The number of rotatable bonds is 3. The van der Waals surface area contributed by atoms with Crippen LogP contribution in [0.15, 0.2) is 24.3 Å². The molecular formula is C13H19BO2. The van der Waals surface area contributed by atoms with Gasteiger partial charge >= 0.3 is 7.12 Å². The Morgan fingerprint density at radius 2 is 1.62 bits per heavy atom. The molecule has 1 aromatic rings. The molecule has 16 heavy (non-hydrogen) atoms. The summed E-state index contributed by atoms with van der Waals surface area (Å²) in [6.45, 7) is 6.40. The zero-order valence-corrected chi connectivity index (χ0v) is 10.3. The minimum absolute atomic E-state index is 0.170. The average Bonchev–Trinajstić information content (AvgIpc) is 2.72. The van der Waals surface area contributed by atoms with Crippen molar-refractivity contribution in [1.82, 2.24) is 0 Å². The molecule has 86 valence electrons. The molecule has 0 N–H and O–H groups in total. The van der Waals surface area contributed by atoms with Crippen LogP contribution in [0.1, 0.15) is 32.3 Å². The summed E-state index contributed by atoms with van der Waals surface area (Å²) in [7, 11) is -0.170. The van der Waals surface area contributed by atoms with Gasteiger partial charge in [-0.05, 0) is 25.2 Å². The second kappa shape index (κ2) is 5.02. The van der Waals surface area contributed by atoms with Crippen LogP contribution in [0, 0.1) is 6.92 Å². The molecule has 0 spiro atoms. The molecule has 1 saturated heterocycles. The van der Waals surface area contributed by atoms with Gasteiger partial charge in [0.05, 0.1) is 12.2 Å². The van der Waals surface area contributed by atoms with Gasteiger partial charge in [-0.25, -0.2) is 0 Å². The van der Waals surface area contributed by atoms with Crippen molar-refractivity contribution in [2.75, 3.05) is 0 Å². The normalized spacial score (nSPS) is 25.1. The number of hydrogen-bond acceptors (Lipinski definition) is 2. The van der Waals surface area contributed by atoms with E-state index in [2.05, 4.69) is 32.9 Å². The molecule has 1 heterocycles. The van der Waals surface area contributed by atoms with Gasteiger partial charge in [0.25, 0.3) is 0 Å². The fourth-order valence-electron chi connectivity index (χ4n) is 2.24. The van der Waals surface area contributed by atoms with E-state index in [0.29, 0.717) is 0 Å². The Morgan fingerprint density at radius 3 is 2.12 bits per heavy atom. The molecule has 0 saturated carbocycles. The van der Waals surface area contributed by atoms with E-state index in [-0.39, 0.29) is 19.3 Å². The summed E-state index contributed by atoms with van der Waals surface area (Å²) in [6, 6.07) is 8.27. The fraction of sp³-hybridized carbons (Fsp3) is 0.538. The van der Waals surface area contributed by atoms with E-state index in [1.54, 1.807) is 0 Å². The van der Waals surface area contributed by atoms with E-state index in [1.807, 2.05) is 12.1 Å². The van der Waals surface area contributed by atoms with Gasteiger partial charge in [-0.1, -0.05) is 43.7 Å². The maximum atomic E-state index is 5.96. The summed E-state index contributed by atoms with van der Waals surface area (Å²) in [6.07, 6.45) is 2.52. The molecular weight excluding hydrogens is 199 g/mol. The van der Waals surface area contributed by atoms with E-state index in [9.17, 15) is 0 Å². The minimum Gasteiger partial charge on any atom is -0.402 e. The first-order valence-corrected chi connectivity index (χ1v) is 6.12. The van der Waals surface area contributed by atoms with Crippen molar-refractivity contribution in [1.29, 1.82) is 0 Å². The van der Waals surface area contributed by atoms with Crippen molar-refractivity contribution < 1.29 is 9.31 Å². The monoisotopic (exact) mass is 218 g/mol. The van der Waals surface area contributed by atoms with E-state index in [1.165, 1.54) is 5.56 Å². The van der Waals surface area contributed by atoms with E-state index in [4.69, 9.17) is 9.31 Å². The second-order valence-corrected chi connectivity index (χ2v) is 4.35. The number of aryl methyl sites for hydroxylation is 1. The molecule has 1 aliphatic heterocycles. The molecule has 0 bridgehead atoms. The van der Waals surface area contributed by atoms with Crippen molar-refractivity contribution >= 4 is 12.6 Å². The number of hydrogen-bond donors (Lipinski definition) is 0. The van der Waals surface area contributed by atoms with Crippen molar-refractivity contribution in [3.05, 3.63) is 29.8 Å². The summed E-state index contributed by atoms with van der Waals surface area (Å²) >= 11 is 0. The molecule has 1 aromatic carbocycles. The van der Waals surface area contributed by atoms with Crippen molar-refractivity contribution in [3.8, 4) is 0 Å². The van der Waals surface area contributed by atoms with Gasteiger partial charge in [-0.3, -0.25) is 0 Å². The smallest absolute Gasteiger partial charge is 0.402 e. The molecule has 0 aliphatic carbocycles. The minimum atomic E-state index is -0.170. The van der Waals surface area contributed by atoms with Gasteiger partial charge in [-0.2, -0.15) is 0 Å². The van der Waals surface area contributed by atoms with Crippen molar-refractivity contribution in [2.45, 2.75) is 45.8 Å².